The number of piperazine rings is 1. The summed E-state index contributed by atoms with van der Waals surface area (Å²) in [5, 5.41) is 6.34. The molecule has 2 N–H and O–H groups in total. The zero-order chi connectivity index (χ0) is 19.6. The van der Waals surface area contributed by atoms with Crippen molar-refractivity contribution in [2.45, 2.75) is 45.6 Å². The van der Waals surface area contributed by atoms with Crippen LogP contribution in [0.2, 0.25) is 0 Å². The molecule has 1 aromatic heterocycles. The second kappa shape index (κ2) is 8.39. The minimum atomic E-state index is -0.401. The highest BCUT2D eigenvalue weighted by Crippen LogP contribution is 2.38. The van der Waals surface area contributed by atoms with Crippen molar-refractivity contribution < 1.29 is 19.1 Å². The summed E-state index contributed by atoms with van der Waals surface area (Å²) in [6, 6.07) is -0.318. The number of hydrogen-bond donors (Lipinski definition) is 2. The van der Waals surface area contributed by atoms with Gasteiger partial charge in [-0.3, -0.25) is 14.5 Å². The van der Waals surface area contributed by atoms with Crippen molar-refractivity contribution in [3.63, 3.8) is 0 Å². The lowest BCUT2D eigenvalue weighted by Gasteiger charge is -2.36. The fraction of sp³-hybridized carbons (Fsp3) is 0.632. The molecule has 148 valence electrons. The van der Waals surface area contributed by atoms with E-state index in [9.17, 15) is 14.4 Å². The number of thiophene rings is 1. The van der Waals surface area contributed by atoms with Crippen LogP contribution in [0, 0.1) is 5.92 Å². The third-order valence-corrected chi connectivity index (χ3v) is 6.36. The molecule has 1 aliphatic carbocycles. The molecule has 0 radical (unpaired) electrons. The van der Waals surface area contributed by atoms with Gasteiger partial charge in [-0.15, -0.1) is 11.3 Å². The van der Waals surface area contributed by atoms with Gasteiger partial charge < -0.3 is 15.4 Å². The van der Waals surface area contributed by atoms with E-state index in [4.69, 9.17) is 4.74 Å². The molecular weight excluding hydrogens is 366 g/mol. The minimum Gasteiger partial charge on any atom is -0.465 e. The monoisotopic (exact) mass is 393 g/mol. The summed E-state index contributed by atoms with van der Waals surface area (Å²) < 4.78 is 4.95. The van der Waals surface area contributed by atoms with Crippen LogP contribution in [-0.2, 0) is 27.2 Å². The lowest BCUT2D eigenvalue weighted by atomic mass is 9.95. The molecule has 3 rings (SSSR count). The summed E-state index contributed by atoms with van der Waals surface area (Å²) in [6.45, 7) is 5.24. The van der Waals surface area contributed by atoms with Crippen molar-refractivity contribution in [1.29, 1.82) is 0 Å². The molecule has 0 spiro atoms. The Labute approximate surface area is 163 Å². The van der Waals surface area contributed by atoms with Gasteiger partial charge in [0.05, 0.1) is 25.3 Å². The van der Waals surface area contributed by atoms with Gasteiger partial charge in [-0.05, 0) is 37.2 Å². The van der Waals surface area contributed by atoms with Crippen molar-refractivity contribution in [1.82, 2.24) is 10.2 Å². The van der Waals surface area contributed by atoms with Crippen LogP contribution in [0.5, 0.6) is 0 Å². The van der Waals surface area contributed by atoms with Crippen molar-refractivity contribution in [3.05, 3.63) is 16.0 Å². The Hall–Kier alpha value is -1.93. The van der Waals surface area contributed by atoms with Gasteiger partial charge in [0.2, 0.25) is 11.8 Å². The Kier molecular flexibility index (Phi) is 6.16. The number of aryl methyl sites for hydroxylation is 1. The van der Waals surface area contributed by atoms with Crippen molar-refractivity contribution in [2.24, 2.45) is 5.92 Å². The van der Waals surface area contributed by atoms with Gasteiger partial charge in [0.1, 0.15) is 5.00 Å². The average molecular weight is 394 g/mol. The van der Waals surface area contributed by atoms with E-state index in [-0.39, 0.29) is 30.3 Å². The van der Waals surface area contributed by atoms with Gasteiger partial charge in [-0.25, -0.2) is 4.79 Å². The molecule has 0 aromatic carbocycles. The van der Waals surface area contributed by atoms with E-state index in [1.165, 1.54) is 18.4 Å². The molecule has 2 heterocycles. The number of carbonyl (C=O) groups excluding carboxylic acids is 3. The van der Waals surface area contributed by atoms with E-state index in [2.05, 4.69) is 10.6 Å². The standard InChI is InChI=1S/C19H27N3O4S/c1-11(2)16-17(24)20-8-9-22(16)10-14(23)21-18-15(19(25)26-3)12-6-4-5-7-13(12)27-18/h11,16H,4-10H2,1-3H3,(H,20,24)(H,21,23). The Morgan fingerprint density at radius 1 is 1.33 bits per heavy atom. The molecule has 1 aliphatic heterocycles. The van der Waals surface area contributed by atoms with Gasteiger partial charge >= 0.3 is 5.97 Å². The van der Waals surface area contributed by atoms with Crippen LogP contribution < -0.4 is 10.6 Å². The fourth-order valence-electron chi connectivity index (χ4n) is 3.96. The van der Waals surface area contributed by atoms with E-state index >= 15 is 0 Å². The molecule has 0 saturated carbocycles. The number of ether oxygens (including phenoxy) is 1. The Morgan fingerprint density at radius 2 is 2.07 bits per heavy atom. The van der Waals surface area contributed by atoms with E-state index in [1.54, 1.807) is 0 Å². The van der Waals surface area contributed by atoms with E-state index in [0.717, 1.165) is 36.1 Å². The Bertz CT molecular complexity index is 744. The van der Waals surface area contributed by atoms with Gasteiger partial charge in [0.25, 0.3) is 0 Å². The molecule has 0 bridgehead atoms. The highest BCUT2D eigenvalue weighted by molar-refractivity contribution is 7.17. The summed E-state index contributed by atoms with van der Waals surface area (Å²) >= 11 is 1.47. The Morgan fingerprint density at radius 3 is 2.78 bits per heavy atom. The smallest absolute Gasteiger partial charge is 0.341 e. The van der Waals surface area contributed by atoms with E-state index in [1.807, 2.05) is 18.7 Å². The van der Waals surface area contributed by atoms with Crippen LogP contribution in [0.3, 0.4) is 0 Å². The van der Waals surface area contributed by atoms with Crippen LogP contribution in [0.1, 0.15) is 47.5 Å². The molecular formula is C19H27N3O4S. The predicted octanol–water partition coefficient (Wildman–Crippen LogP) is 1.81. The Balaban J connectivity index is 1.77. The van der Waals surface area contributed by atoms with E-state index in [0.29, 0.717) is 23.7 Å². The highest BCUT2D eigenvalue weighted by atomic mass is 32.1. The van der Waals surface area contributed by atoms with E-state index < -0.39 is 5.97 Å². The largest absolute Gasteiger partial charge is 0.465 e. The first kappa shape index (κ1) is 19.8. The van der Waals surface area contributed by atoms with Crippen LogP contribution in [0.25, 0.3) is 0 Å². The minimum absolute atomic E-state index is 0.0362. The second-order valence-electron chi connectivity index (χ2n) is 7.41. The number of carbonyl (C=O) groups is 3. The summed E-state index contributed by atoms with van der Waals surface area (Å²) in [4.78, 5) is 40.2. The molecule has 1 unspecified atom stereocenters. The first-order valence-corrected chi connectivity index (χ1v) is 10.3. The molecule has 7 nitrogen and oxygen atoms in total. The zero-order valence-electron chi connectivity index (χ0n) is 16.1. The number of amides is 2. The van der Waals surface area contributed by atoms with Crippen molar-refractivity contribution >= 4 is 34.1 Å². The molecule has 1 aromatic rings. The average Bonchev–Trinajstić information content (AvgIpc) is 2.98. The molecule has 1 fully saturated rings. The van der Waals surface area contributed by atoms with Crippen LogP contribution >= 0.6 is 11.3 Å². The number of hydrogen-bond acceptors (Lipinski definition) is 6. The summed E-state index contributed by atoms with van der Waals surface area (Å²) in [7, 11) is 1.36. The summed E-state index contributed by atoms with van der Waals surface area (Å²) in [5.74, 6) is -0.537. The van der Waals surface area contributed by atoms with Gasteiger partial charge in [-0.2, -0.15) is 0 Å². The number of anilines is 1. The number of nitrogens with zero attached hydrogens (tertiary/aromatic N) is 1. The molecule has 2 aliphatic rings. The van der Waals surface area contributed by atoms with Crippen molar-refractivity contribution in [3.8, 4) is 0 Å². The third-order valence-electron chi connectivity index (χ3n) is 5.15. The zero-order valence-corrected chi connectivity index (χ0v) is 16.9. The summed E-state index contributed by atoms with van der Waals surface area (Å²) in [5.41, 5.74) is 1.52. The molecule has 1 atom stereocenters. The van der Waals surface area contributed by atoms with Crippen LogP contribution in [-0.4, -0.2) is 55.5 Å². The normalized spacial score (nSPS) is 20.1. The molecule has 27 heavy (non-hydrogen) atoms. The maximum atomic E-state index is 12.7. The second-order valence-corrected chi connectivity index (χ2v) is 8.51. The third kappa shape index (κ3) is 4.16. The maximum Gasteiger partial charge on any atom is 0.341 e. The number of esters is 1. The van der Waals surface area contributed by atoms with Crippen LogP contribution in [0.4, 0.5) is 5.00 Å². The lowest BCUT2D eigenvalue weighted by molar-refractivity contribution is -0.132. The first-order valence-electron chi connectivity index (χ1n) is 9.46. The molecule has 8 heteroatoms. The first-order chi connectivity index (χ1) is 12.9. The van der Waals surface area contributed by atoms with Gasteiger partial charge in [0.15, 0.2) is 0 Å². The van der Waals surface area contributed by atoms with Crippen molar-refractivity contribution in [2.75, 3.05) is 32.1 Å². The van der Waals surface area contributed by atoms with Gasteiger partial charge in [0, 0.05) is 18.0 Å². The number of rotatable bonds is 5. The lowest BCUT2D eigenvalue weighted by Crippen LogP contribution is -2.58. The molecule has 1 saturated heterocycles. The number of methoxy groups -OCH3 is 1. The topological polar surface area (TPSA) is 87.7 Å². The quantitative estimate of drug-likeness (QED) is 0.745. The predicted molar refractivity (Wildman–Crippen MR) is 104 cm³/mol. The number of nitrogens with one attached hydrogen (secondary N) is 2. The highest BCUT2D eigenvalue weighted by Gasteiger charge is 2.34. The molecule has 2 amide bonds. The number of fused-ring (bicyclic) bond motifs is 1. The maximum absolute atomic E-state index is 12.7. The SMILES string of the molecule is COC(=O)c1c(NC(=O)CN2CCNC(=O)C2C(C)C)sc2c1CCCC2. The fourth-order valence-corrected chi connectivity index (χ4v) is 5.25. The van der Waals surface area contributed by atoms with Crippen LogP contribution in [0.15, 0.2) is 0 Å². The van der Waals surface area contributed by atoms with Gasteiger partial charge in [-0.1, -0.05) is 13.8 Å². The summed E-state index contributed by atoms with van der Waals surface area (Å²) in [6.07, 6.45) is 3.91.